The second-order valence-corrected chi connectivity index (χ2v) is 5.44. The molecule has 1 aromatic carbocycles. The van der Waals surface area contributed by atoms with Crippen molar-refractivity contribution in [2.75, 3.05) is 13.2 Å². The maximum Gasteiger partial charge on any atom is 0.315 e. The normalized spacial score (nSPS) is 28.1. The second-order valence-electron chi connectivity index (χ2n) is 5.44. The van der Waals surface area contributed by atoms with Crippen molar-refractivity contribution in [1.82, 2.24) is 10.6 Å². The molecule has 1 fully saturated rings. The van der Waals surface area contributed by atoms with Crippen molar-refractivity contribution < 1.29 is 14.6 Å². The third-order valence-electron chi connectivity index (χ3n) is 4.00. The molecule has 0 radical (unpaired) electrons. The minimum Gasteiger partial charge on any atom is -0.390 e. The Hall–Kier alpha value is -1.59. The predicted molar refractivity (Wildman–Crippen MR) is 74.4 cm³/mol. The van der Waals surface area contributed by atoms with Crippen LogP contribution < -0.4 is 10.6 Å². The summed E-state index contributed by atoms with van der Waals surface area (Å²) in [6, 6.07) is 7.25. The third-order valence-corrected chi connectivity index (χ3v) is 4.00. The summed E-state index contributed by atoms with van der Waals surface area (Å²) in [5.41, 5.74) is 2.11. The smallest absolute Gasteiger partial charge is 0.315 e. The summed E-state index contributed by atoms with van der Waals surface area (Å²) in [5, 5.41) is 15.7. The zero-order valence-corrected chi connectivity index (χ0v) is 11.3. The van der Waals surface area contributed by atoms with Gasteiger partial charge in [-0.2, -0.15) is 0 Å². The molecule has 0 saturated carbocycles. The van der Waals surface area contributed by atoms with Crippen LogP contribution in [-0.4, -0.2) is 36.5 Å². The Morgan fingerprint density at radius 1 is 1.40 bits per heavy atom. The van der Waals surface area contributed by atoms with Crippen LogP contribution in [0.3, 0.4) is 0 Å². The van der Waals surface area contributed by atoms with Crippen molar-refractivity contribution in [3.8, 4) is 0 Å². The van der Waals surface area contributed by atoms with Crippen LogP contribution in [0.5, 0.6) is 0 Å². The van der Waals surface area contributed by atoms with E-state index in [-0.39, 0.29) is 18.2 Å². The summed E-state index contributed by atoms with van der Waals surface area (Å²) in [6.07, 6.45) is 2.22. The van der Waals surface area contributed by atoms with Crippen molar-refractivity contribution in [3.63, 3.8) is 0 Å². The number of amides is 2. The van der Waals surface area contributed by atoms with Gasteiger partial charge in [-0.25, -0.2) is 4.79 Å². The topological polar surface area (TPSA) is 70.6 Å². The van der Waals surface area contributed by atoms with Crippen LogP contribution >= 0.6 is 0 Å². The molecular formula is C15H20N2O3. The lowest BCUT2D eigenvalue weighted by Crippen LogP contribution is -2.43. The number of ether oxygens (including phenoxy) is 1. The largest absolute Gasteiger partial charge is 0.390 e. The molecule has 0 aromatic heterocycles. The second kappa shape index (κ2) is 5.81. The van der Waals surface area contributed by atoms with E-state index in [1.807, 2.05) is 24.3 Å². The van der Waals surface area contributed by atoms with Crippen molar-refractivity contribution in [2.24, 2.45) is 0 Å². The van der Waals surface area contributed by atoms with Gasteiger partial charge < -0.3 is 20.5 Å². The summed E-state index contributed by atoms with van der Waals surface area (Å²) in [6.45, 7) is 1.30. The number of aliphatic hydroxyl groups excluding tert-OH is 1. The number of urea groups is 1. The Labute approximate surface area is 118 Å². The number of carbonyl (C=O) groups is 1. The van der Waals surface area contributed by atoms with Gasteiger partial charge in [-0.1, -0.05) is 24.3 Å². The van der Waals surface area contributed by atoms with Crippen molar-refractivity contribution in [2.45, 2.75) is 37.5 Å². The lowest BCUT2D eigenvalue weighted by molar-refractivity contribution is 0.110. The molecule has 20 heavy (non-hydrogen) atoms. The summed E-state index contributed by atoms with van der Waals surface area (Å²) >= 11 is 0. The maximum atomic E-state index is 11.9. The first-order chi connectivity index (χ1) is 9.74. The molecule has 2 aliphatic rings. The number of aliphatic hydroxyl groups is 1. The van der Waals surface area contributed by atoms with E-state index in [0.29, 0.717) is 13.0 Å². The molecule has 108 valence electrons. The molecule has 1 heterocycles. The zero-order chi connectivity index (χ0) is 13.9. The van der Waals surface area contributed by atoms with Crippen molar-refractivity contribution in [1.29, 1.82) is 0 Å². The predicted octanol–water partition coefficient (Wildman–Crippen LogP) is 1.12. The Bertz CT molecular complexity index is 486. The average molecular weight is 276 g/mol. The molecule has 1 unspecified atom stereocenters. The molecular weight excluding hydrogens is 256 g/mol. The van der Waals surface area contributed by atoms with Crippen LogP contribution in [0.4, 0.5) is 4.79 Å². The summed E-state index contributed by atoms with van der Waals surface area (Å²) < 4.78 is 5.46. The summed E-state index contributed by atoms with van der Waals surface area (Å²) in [7, 11) is 0. The molecule has 1 aliphatic heterocycles. The summed E-state index contributed by atoms with van der Waals surface area (Å²) in [4.78, 5) is 11.9. The Morgan fingerprint density at radius 2 is 2.25 bits per heavy atom. The fourth-order valence-corrected chi connectivity index (χ4v) is 2.95. The molecule has 5 heteroatoms. The van der Waals surface area contributed by atoms with E-state index >= 15 is 0 Å². The van der Waals surface area contributed by atoms with Crippen LogP contribution in [0, 0.1) is 0 Å². The first-order valence-corrected chi connectivity index (χ1v) is 7.16. The minimum absolute atomic E-state index is 0.126. The van der Waals surface area contributed by atoms with E-state index in [9.17, 15) is 9.90 Å². The van der Waals surface area contributed by atoms with Gasteiger partial charge in [0.25, 0.3) is 0 Å². The highest BCUT2D eigenvalue weighted by Gasteiger charge is 2.31. The molecule has 2 amide bonds. The molecule has 1 aromatic rings. The SMILES string of the molecule is O=C(NCC1CCCO1)N[C@H]1c2ccccc2C[C@H]1O. The van der Waals surface area contributed by atoms with Crippen LogP contribution in [0.1, 0.15) is 30.0 Å². The van der Waals surface area contributed by atoms with Gasteiger partial charge in [0.1, 0.15) is 0 Å². The quantitative estimate of drug-likeness (QED) is 0.775. The van der Waals surface area contributed by atoms with Gasteiger partial charge in [0, 0.05) is 19.6 Å². The number of nitrogens with one attached hydrogen (secondary N) is 2. The maximum absolute atomic E-state index is 11.9. The molecule has 1 saturated heterocycles. The molecule has 3 rings (SSSR count). The van der Waals surface area contributed by atoms with Gasteiger partial charge in [-0.15, -0.1) is 0 Å². The Morgan fingerprint density at radius 3 is 3.05 bits per heavy atom. The van der Waals surface area contributed by atoms with Gasteiger partial charge in [0.05, 0.1) is 18.2 Å². The lowest BCUT2D eigenvalue weighted by Gasteiger charge is -2.19. The highest BCUT2D eigenvalue weighted by Crippen LogP contribution is 2.30. The number of benzene rings is 1. The number of fused-ring (bicyclic) bond motifs is 1. The monoisotopic (exact) mass is 276 g/mol. The molecule has 1 aliphatic carbocycles. The first kappa shape index (κ1) is 13.4. The lowest BCUT2D eigenvalue weighted by atomic mass is 10.1. The Balaban J connectivity index is 1.55. The fraction of sp³-hybridized carbons (Fsp3) is 0.533. The van der Waals surface area contributed by atoms with E-state index in [2.05, 4.69) is 10.6 Å². The summed E-state index contributed by atoms with van der Waals surface area (Å²) in [5.74, 6) is 0. The van der Waals surface area contributed by atoms with Crippen LogP contribution in [0.25, 0.3) is 0 Å². The van der Waals surface area contributed by atoms with Gasteiger partial charge in [-0.3, -0.25) is 0 Å². The van der Waals surface area contributed by atoms with Crippen LogP contribution in [0.2, 0.25) is 0 Å². The van der Waals surface area contributed by atoms with E-state index in [0.717, 1.165) is 30.6 Å². The number of carbonyl (C=O) groups excluding carboxylic acids is 1. The Kier molecular flexibility index (Phi) is 3.89. The highest BCUT2D eigenvalue weighted by molar-refractivity contribution is 5.74. The van der Waals surface area contributed by atoms with Gasteiger partial charge in [0.2, 0.25) is 0 Å². The molecule has 3 atom stereocenters. The molecule has 5 nitrogen and oxygen atoms in total. The number of rotatable bonds is 3. The van der Waals surface area contributed by atoms with E-state index in [1.165, 1.54) is 0 Å². The van der Waals surface area contributed by atoms with Gasteiger partial charge >= 0.3 is 6.03 Å². The molecule has 0 bridgehead atoms. The van der Waals surface area contributed by atoms with E-state index in [4.69, 9.17) is 4.74 Å². The molecule has 0 spiro atoms. The van der Waals surface area contributed by atoms with E-state index in [1.54, 1.807) is 0 Å². The van der Waals surface area contributed by atoms with Crippen molar-refractivity contribution in [3.05, 3.63) is 35.4 Å². The first-order valence-electron chi connectivity index (χ1n) is 7.16. The van der Waals surface area contributed by atoms with Crippen LogP contribution in [0.15, 0.2) is 24.3 Å². The van der Waals surface area contributed by atoms with Crippen LogP contribution in [-0.2, 0) is 11.2 Å². The highest BCUT2D eigenvalue weighted by atomic mass is 16.5. The third kappa shape index (κ3) is 2.78. The molecule has 3 N–H and O–H groups in total. The van der Waals surface area contributed by atoms with Gasteiger partial charge in [0.15, 0.2) is 0 Å². The zero-order valence-electron chi connectivity index (χ0n) is 11.3. The van der Waals surface area contributed by atoms with E-state index < -0.39 is 6.10 Å². The number of hydrogen-bond acceptors (Lipinski definition) is 3. The number of hydrogen-bond donors (Lipinski definition) is 3. The standard InChI is InChI=1S/C15H20N2O3/c18-13-8-10-4-1-2-6-12(10)14(13)17-15(19)16-9-11-5-3-7-20-11/h1-2,4,6,11,13-14,18H,3,5,7-9H2,(H2,16,17,19)/t11?,13-,14+/m1/s1. The average Bonchev–Trinajstić information content (AvgIpc) is 3.06. The van der Waals surface area contributed by atoms with Gasteiger partial charge in [-0.05, 0) is 24.0 Å². The minimum atomic E-state index is -0.555. The fourth-order valence-electron chi connectivity index (χ4n) is 2.95. The van der Waals surface area contributed by atoms with Crippen molar-refractivity contribution >= 4 is 6.03 Å².